The Balaban J connectivity index is 1.59. The summed E-state index contributed by atoms with van der Waals surface area (Å²) < 4.78 is 32.1. The number of halogens is 2. The van der Waals surface area contributed by atoms with E-state index < -0.39 is 27.4 Å². The van der Waals surface area contributed by atoms with Crippen LogP contribution in [0.15, 0.2) is 60.9 Å². The first-order valence-electron chi connectivity index (χ1n) is 10.8. The summed E-state index contributed by atoms with van der Waals surface area (Å²) in [5, 5.41) is 6.25. The van der Waals surface area contributed by atoms with Crippen molar-refractivity contribution < 1.29 is 43.3 Å². The molecule has 1 amide bonds. The number of aromatic amines is 1. The minimum atomic E-state index is -0.847. The third kappa shape index (κ3) is 3.83. The molecule has 0 saturated carbocycles. The number of carbonyl (C=O) groups excluding carboxylic acids is 1. The van der Waals surface area contributed by atoms with Gasteiger partial charge < -0.3 is 0 Å². The number of anilines is 2. The Kier molecular flexibility index (Phi) is 5.44. The van der Waals surface area contributed by atoms with E-state index in [4.69, 9.17) is 12.5 Å². The number of methoxy groups -OCH3 is 1. The van der Waals surface area contributed by atoms with Crippen LogP contribution in [0.2, 0.25) is 0 Å². The molecule has 4 aromatic rings. The van der Waals surface area contributed by atoms with Crippen LogP contribution in [-0.2, 0) is 0 Å². The Hall–Kier alpha value is -3.80. The van der Waals surface area contributed by atoms with Gasteiger partial charge in [0.15, 0.2) is 0 Å². The number of benzene rings is 2. The molecule has 4 bridgehead atoms. The fourth-order valence-corrected chi connectivity index (χ4v) is 6.20. The van der Waals surface area contributed by atoms with Crippen LogP contribution >= 0.6 is 0 Å². The van der Waals surface area contributed by atoms with Crippen molar-refractivity contribution in [3.8, 4) is 34.3 Å². The van der Waals surface area contributed by atoms with E-state index in [1.54, 1.807) is 24.5 Å². The quantitative estimate of drug-likeness (QED) is 0.251. The van der Waals surface area contributed by atoms with E-state index >= 15 is 0 Å². The maximum atomic E-state index is 14.5. The van der Waals surface area contributed by atoms with Gasteiger partial charge in [-0.2, -0.15) is 0 Å². The predicted octanol–water partition coefficient (Wildman–Crippen LogP) is 1.94. The molecule has 2 aromatic heterocycles. The van der Waals surface area contributed by atoms with E-state index in [0.29, 0.717) is 52.0 Å². The van der Waals surface area contributed by atoms with Gasteiger partial charge >= 0.3 is 211 Å². The van der Waals surface area contributed by atoms with Crippen molar-refractivity contribution in [3.63, 3.8) is 0 Å². The Morgan fingerprint density at radius 2 is 2.06 bits per heavy atom. The fourth-order valence-electron chi connectivity index (χ4n) is 4.20. The number of alkyl halides is 1. The third-order valence-corrected chi connectivity index (χ3v) is 8.21. The molecule has 0 aliphatic carbocycles. The predicted molar refractivity (Wildman–Crippen MR) is 122 cm³/mol. The van der Waals surface area contributed by atoms with Crippen molar-refractivity contribution in [3.05, 3.63) is 78.0 Å². The number of hydrogen-bond donors (Lipinski definition) is 3. The van der Waals surface area contributed by atoms with Crippen molar-refractivity contribution in [1.82, 2.24) is 15.3 Å². The topological polar surface area (TPSA) is 97.5 Å². The van der Waals surface area contributed by atoms with Crippen molar-refractivity contribution in [2.75, 3.05) is 19.0 Å². The number of nitrogens with one attached hydrogen (secondary N) is 3. The Labute approximate surface area is 210 Å². The molecular formula is C25H19FIN4O4-. The molecule has 35 heavy (non-hydrogen) atoms. The van der Waals surface area contributed by atoms with Gasteiger partial charge in [0, 0.05) is 0 Å². The molecule has 3 N–H and O–H groups in total. The number of hydrogen-bond acceptors (Lipinski definition) is 6. The number of nitrogens with zero attached hydrogens (tertiary/aromatic N) is 1. The molecule has 2 aliphatic heterocycles. The van der Waals surface area contributed by atoms with Gasteiger partial charge in [-0.3, -0.25) is 0 Å². The summed E-state index contributed by atoms with van der Waals surface area (Å²) in [4.78, 5) is 20.9. The van der Waals surface area contributed by atoms with Crippen LogP contribution in [0, 0.1) is 5.82 Å². The fraction of sp³-hybridized carbons (Fsp3) is 0.120. The average molecular weight is 585 g/mol. The number of aromatic nitrogens is 2. The number of carbonyl (C=O) groups is 1. The van der Waals surface area contributed by atoms with Gasteiger partial charge in [-0.05, 0) is 0 Å². The van der Waals surface area contributed by atoms with Crippen LogP contribution in [0.1, 0.15) is 20.0 Å². The molecule has 0 radical (unpaired) electrons. The zero-order valence-corrected chi connectivity index (χ0v) is 20.6. The zero-order valence-electron chi connectivity index (χ0n) is 18.4. The number of H-pyrrole nitrogens is 1. The third-order valence-electron chi connectivity index (χ3n) is 5.77. The monoisotopic (exact) mass is 585 g/mol. The second-order valence-electron chi connectivity index (χ2n) is 7.90. The first-order chi connectivity index (χ1) is 17.1. The summed E-state index contributed by atoms with van der Waals surface area (Å²) in [6.45, 7) is 0.460. The SMILES string of the molecule is COc1c(F)cccc1Nc1c2[nH]c3c1C(=O)NC[C@@H]3[I-]Oc1cccc(c1)Oc1cnccc1-2. The van der Waals surface area contributed by atoms with E-state index in [1.807, 2.05) is 30.3 Å². The molecule has 8 nitrogen and oxygen atoms in total. The van der Waals surface area contributed by atoms with Gasteiger partial charge in [0.2, 0.25) is 0 Å². The summed E-state index contributed by atoms with van der Waals surface area (Å²) >= 11 is -0.847. The molecule has 2 aromatic carbocycles. The molecular weight excluding hydrogens is 566 g/mol. The standard InChI is InChI=1S/C25H19FIN4O4/c1-33-24-16(26)6-3-7-18(24)30-23-20-22-17(11-29-25(20)32)27-35-14-5-2-4-13(10-14)34-19-12-28-9-8-15(19)21(23)31-22/h2-10,12,17,30-31H,11H2,1H3,(H,29,32)/q-1/t17-/m0/s1. The normalized spacial score (nSPS) is 16.2. The van der Waals surface area contributed by atoms with Gasteiger partial charge in [-0.1, -0.05) is 0 Å². The van der Waals surface area contributed by atoms with E-state index in [0.717, 1.165) is 5.69 Å². The van der Waals surface area contributed by atoms with Gasteiger partial charge in [0.1, 0.15) is 0 Å². The van der Waals surface area contributed by atoms with Gasteiger partial charge in [-0.25, -0.2) is 0 Å². The molecule has 0 unspecified atom stereocenters. The number of rotatable bonds is 3. The molecule has 1 atom stereocenters. The van der Waals surface area contributed by atoms with Crippen molar-refractivity contribution in [1.29, 1.82) is 0 Å². The molecule has 0 spiro atoms. The van der Waals surface area contributed by atoms with Crippen molar-refractivity contribution in [2.24, 2.45) is 0 Å². The molecule has 0 fully saturated rings. The van der Waals surface area contributed by atoms with Crippen molar-refractivity contribution in [2.45, 2.75) is 3.92 Å². The van der Waals surface area contributed by atoms with Crippen molar-refractivity contribution >= 4 is 17.3 Å². The van der Waals surface area contributed by atoms with Gasteiger partial charge in [0.25, 0.3) is 0 Å². The van der Waals surface area contributed by atoms with Crippen LogP contribution in [0.3, 0.4) is 0 Å². The number of pyridine rings is 1. The number of fused-ring (bicyclic) bond motifs is 5. The maximum absolute atomic E-state index is 14.5. The van der Waals surface area contributed by atoms with Crippen LogP contribution < -0.4 is 44.8 Å². The summed E-state index contributed by atoms with van der Waals surface area (Å²) in [5.41, 5.74) is 3.44. The second-order valence-corrected chi connectivity index (χ2v) is 10.4. The number of amides is 1. The minimum absolute atomic E-state index is 0.0282. The molecule has 2 aliphatic rings. The zero-order chi connectivity index (χ0) is 23.9. The molecule has 178 valence electrons. The number of para-hydroxylation sites is 1. The van der Waals surface area contributed by atoms with Crippen LogP contribution in [0.25, 0.3) is 11.3 Å². The molecule has 4 heterocycles. The Bertz CT molecular complexity index is 1460. The first-order valence-corrected chi connectivity index (χ1v) is 12.9. The summed E-state index contributed by atoms with van der Waals surface area (Å²) in [7, 11) is 1.40. The van der Waals surface area contributed by atoms with E-state index in [2.05, 4.69) is 20.6 Å². The molecule has 0 saturated heterocycles. The average Bonchev–Trinajstić information content (AvgIpc) is 3.24. The van der Waals surface area contributed by atoms with Crippen LogP contribution in [-0.4, -0.2) is 29.5 Å². The molecule has 6 rings (SSSR count). The van der Waals surface area contributed by atoms with E-state index in [9.17, 15) is 9.18 Å². The van der Waals surface area contributed by atoms with Gasteiger partial charge in [-0.15, -0.1) is 0 Å². The van der Waals surface area contributed by atoms with E-state index in [1.165, 1.54) is 13.2 Å². The van der Waals surface area contributed by atoms with Crippen LogP contribution in [0.4, 0.5) is 15.8 Å². The Morgan fingerprint density at radius 3 is 2.94 bits per heavy atom. The van der Waals surface area contributed by atoms with Crippen LogP contribution in [0.5, 0.6) is 23.0 Å². The Morgan fingerprint density at radius 1 is 1.20 bits per heavy atom. The summed E-state index contributed by atoms with van der Waals surface area (Å²) in [5.74, 6) is 1.11. The second kappa shape index (κ2) is 8.77. The first kappa shape index (κ1) is 21.7. The summed E-state index contributed by atoms with van der Waals surface area (Å²) in [6, 6.07) is 13.9. The molecule has 10 heteroatoms. The van der Waals surface area contributed by atoms with Gasteiger partial charge in [0.05, 0.1) is 0 Å². The summed E-state index contributed by atoms with van der Waals surface area (Å²) in [6.07, 6.45) is 3.27. The van der Waals surface area contributed by atoms with E-state index in [-0.39, 0.29) is 15.6 Å². The number of ether oxygens (including phenoxy) is 2.